The predicted molar refractivity (Wildman–Crippen MR) is 122 cm³/mol. The summed E-state index contributed by atoms with van der Waals surface area (Å²) in [4.78, 5) is 13.7. The molecule has 0 unspecified atom stereocenters. The number of hydrogen-bond donors (Lipinski definition) is 1. The lowest BCUT2D eigenvalue weighted by Crippen LogP contribution is -2.03. The molecule has 3 heterocycles. The number of para-hydroxylation sites is 2. The standard InChI is InChI=1S/C23H15ClN8/c1-2-31-18-6-4-3-5-15(18)29-22(31)19-20-23(30-17(12-26)16(11-25)28-20)32(21(19)27)14-9-7-13(24)8-10-14/h3-10H,2,27H2,1H3. The number of aryl methyl sites for hydroxylation is 1. The normalized spacial score (nSPS) is 11.0. The number of aromatic nitrogens is 5. The SMILES string of the molecule is CCn1c(-c2c(N)n(-c3ccc(Cl)cc3)c3nc(C#N)c(C#N)nc23)nc2ccccc21. The van der Waals surface area contributed by atoms with Gasteiger partial charge in [-0.2, -0.15) is 10.5 Å². The Hall–Kier alpha value is -4.40. The maximum Gasteiger partial charge on any atom is 0.179 e. The number of rotatable bonds is 3. The summed E-state index contributed by atoms with van der Waals surface area (Å²) in [6.45, 7) is 2.67. The Kier molecular flexibility index (Phi) is 4.51. The van der Waals surface area contributed by atoms with Gasteiger partial charge in [0.1, 0.15) is 29.3 Å². The molecule has 0 amide bonds. The summed E-state index contributed by atoms with van der Waals surface area (Å²) in [6.07, 6.45) is 0. The number of halogens is 1. The largest absolute Gasteiger partial charge is 0.384 e. The van der Waals surface area contributed by atoms with E-state index in [1.807, 2.05) is 47.9 Å². The molecule has 0 fully saturated rings. The Morgan fingerprint density at radius 2 is 1.66 bits per heavy atom. The summed E-state index contributed by atoms with van der Waals surface area (Å²) in [7, 11) is 0. The zero-order valence-corrected chi connectivity index (χ0v) is 17.7. The van der Waals surface area contributed by atoms with Gasteiger partial charge in [0, 0.05) is 17.3 Å². The van der Waals surface area contributed by atoms with Crippen molar-refractivity contribution in [2.24, 2.45) is 0 Å². The van der Waals surface area contributed by atoms with Crippen molar-refractivity contribution in [2.75, 3.05) is 5.73 Å². The summed E-state index contributed by atoms with van der Waals surface area (Å²) in [5, 5.41) is 19.6. The number of imidazole rings is 1. The van der Waals surface area contributed by atoms with E-state index in [2.05, 4.69) is 9.97 Å². The van der Waals surface area contributed by atoms with Crippen molar-refractivity contribution in [3.63, 3.8) is 0 Å². The van der Waals surface area contributed by atoms with Crippen molar-refractivity contribution in [2.45, 2.75) is 13.5 Å². The Morgan fingerprint density at radius 1 is 0.969 bits per heavy atom. The molecule has 0 radical (unpaired) electrons. The second kappa shape index (κ2) is 7.38. The Bertz CT molecular complexity index is 1600. The van der Waals surface area contributed by atoms with Gasteiger partial charge in [0.15, 0.2) is 17.0 Å². The van der Waals surface area contributed by atoms with E-state index in [4.69, 9.17) is 22.3 Å². The number of nitrogen functional groups attached to an aromatic ring is 1. The minimum Gasteiger partial charge on any atom is -0.384 e. The van der Waals surface area contributed by atoms with Crippen molar-refractivity contribution in [1.29, 1.82) is 10.5 Å². The van der Waals surface area contributed by atoms with E-state index in [0.29, 0.717) is 45.6 Å². The van der Waals surface area contributed by atoms with Gasteiger partial charge in [0.2, 0.25) is 0 Å². The molecule has 0 saturated heterocycles. The van der Waals surface area contributed by atoms with Crippen LogP contribution < -0.4 is 5.73 Å². The molecule has 2 aromatic carbocycles. The fourth-order valence-electron chi connectivity index (χ4n) is 3.91. The van der Waals surface area contributed by atoms with Crippen LogP contribution in [0.1, 0.15) is 18.3 Å². The Morgan fingerprint density at radius 3 is 2.34 bits per heavy atom. The quantitative estimate of drug-likeness (QED) is 0.444. The third-order valence-electron chi connectivity index (χ3n) is 5.31. The smallest absolute Gasteiger partial charge is 0.179 e. The van der Waals surface area contributed by atoms with Gasteiger partial charge in [0.05, 0.1) is 16.6 Å². The Balaban J connectivity index is 1.94. The van der Waals surface area contributed by atoms with Crippen molar-refractivity contribution < 1.29 is 0 Å². The average molecular weight is 439 g/mol. The number of hydrogen-bond acceptors (Lipinski definition) is 6. The molecule has 3 aromatic heterocycles. The number of benzene rings is 2. The molecule has 0 saturated carbocycles. The van der Waals surface area contributed by atoms with Crippen LogP contribution >= 0.6 is 11.6 Å². The van der Waals surface area contributed by atoms with Gasteiger partial charge in [-0.15, -0.1) is 0 Å². The molecule has 5 aromatic rings. The molecule has 154 valence electrons. The fraction of sp³-hybridized carbons (Fsp3) is 0.0870. The van der Waals surface area contributed by atoms with Gasteiger partial charge < -0.3 is 10.3 Å². The summed E-state index contributed by atoms with van der Waals surface area (Å²) in [5.74, 6) is 0.970. The maximum absolute atomic E-state index is 9.53. The van der Waals surface area contributed by atoms with Crippen molar-refractivity contribution in [1.82, 2.24) is 24.1 Å². The monoisotopic (exact) mass is 438 g/mol. The van der Waals surface area contributed by atoms with E-state index in [-0.39, 0.29) is 11.4 Å². The van der Waals surface area contributed by atoms with Crippen molar-refractivity contribution >= 4 is 39.6 Å². The summed E-state index contributed by atoms with van der Waals surface area (Å²) in [6, 6.07) is 18.8. The van der Waals surface area contributed by atoms with Gasteiger partial charge >= 0.3 is 0 Å². The van der Waals surface area contributed by atoms with Crippen LogP contribution in [0.25, 0.3) is 39.3 Å². The molecule has 0 atom stereocenters. The third-order valence-corrected chi connectivity index (χ3v) is 5.57. The lowest BCUT2D eigenvalue weighted by molar-refractivity contribution is 0.797. The lowest BCUT2D eigenvalue weighted by atomic mass is 10.2. The average Bonchev–Trinajstić information content (AvgIpc) is 3.32. The van der Waals surface area contributed by atoms with Crippen LogP contribution in [0.2, 0.25) is 5.02 Å². The summed E-state index contributed by atoms with van der Waals surface area (Å²) >= 11 is 6.07. The molecular formula is C23H15ClN8. The van der Waals surface area contributed by atoms with Crippen LogP contribution in [0.5, 0.6) is 0 Å². The summed E-state index contributed by atoms with van der Waals surface area (Å²) < 4.78 is 3.74. The number of nitrogens with two attached hydrogens (primary N) is 1. The molecule has 0 bridgehead atoms. The van der Waals surface area contributed by atoms with Crippen LogP contribution in [0, 0.1) is 22.7 Å². The topological polar surface area (TPSA) is 122 Å². The van der Waals surface area contributed by atoms with Gasteiger partial charge in [-0.3, -0.25) is 4.57 Å². The molecule has 0 aliphatic heterocycles. The minimum absolute atomic E-state index is 0.0614. The van der Waals surface area contributed by atoms with Crippen LogP contribution in [0.15, 0.2) is 48.5 Å². The molecule has 8 nitrogen and oxygen atoms in total. The van der Waals surface area contributed by atoms with E-state index < -0.39 is 0 Å². The predicted octanol–water partition coefficient (Wildman–Crippen LogP) is 4.44. The highest BCUT2D eigenvalue weighted by Crippen LogP contribution is 2.38. The zero-order valence-electron chi connectivity index (χ0n) is 16.9. The molecule has 0 aliphatic carbocycles. The lowest BCUT2D eigenvalue weighted by Gasteiger charge is -2.09. The molecule has 2 N–H and O–H groups in total. The van der Waals surface area contributed by atoms with E-state index in [1.54, 1.807) is 28.8 Å². The van der Waals surface area contributed by atoms with Crippen molar-refractivity contribution in [3.8, 4) is 29.2 Å². The number of anilines is 1. The van der Waals surface area contributed by atoms with E-state index in [0.717, 1.165) is 11.0 Å². The number of nitriles is 2. The van der Waals surface area contributed by atoms with E-state index in [1.165, 1.54) is 0 Å². The molecular weight excluding hydrogens is 424 g/mol. The molecule has 9 heteroatoms. The third kappa shape index (κ3) is 2.78. The number of fused-ring (bicyclic) bond motifs is 2. The summed E-state index contributed by atoms with van der Waals surface area (Å²) in [5.41, 5.74) is 10.3. The van der Waals surface area contributed by atoms with Crippen LogP contribution in [0.4, 0.5) is 5.82 Å². The fourth-order valence-corrected chi connectivity index (χ4v) is 4.04. The second-order valence-corrected chi connectivity index (χ2v) is 7.49. The number of nitrogens with zero attached hydrogens (tertiary/aromatic N) is 7. The first-order valence-corrected chi connectivity index (χ1v) is 10.2. The molecule has 0 aliphatic rings. The van der Waals surface area contributed by atoms with Crippen molar-refractivity contribution in [3.05, 3.63) is 64.9 Å². The van der Waals surface area contributed by atoms with E-state index >= 15 is 0 Å². The van der Waals surface area contributed by atoms with E-state index in [9.17, 15) is 10.5 Å². The van der Waals surface area contributed by atoms with Gasteiger partial charge in [-0.25, -0.2) is 15.0 Å². The highest BCUT2D eigenvalue weighted by atomic mass is 35.5. The van der Waals surface area contributed by atoms with Gasteiger partial charge in [-0.1, -0.05) is 23.7 Å². The maximum atomic E-state index is 9.53. The second-order valence-electron chi connectivity index (χ2n) is 7.06. The zero-order chi connectivity index (χ0) is 22.4. The molecule has 32 heavy (non-hydrogen) atoms. The molecule has 0 spiro atoms. The minimum atomic E-state index is -0.0664. The van der Waals surface area contributed by atoms with Crippen LogP contribution in [-0.2, 0) is 6.54 Å². The first-order chi connectivity index (χ1) is 15.6. The van der Waals surface area contributed by atoms with Crippen LogP contribution in [0.3, 0.4) is 0 Å². The highest BCUT2D eigenvalue weighted by molar-refractivity contribution is 6.30. The highest BCUT2D eigenvalue weighted by Gasteiger charge is 2.26. The van der Waals surface area contributed by atoms with Gasteiger partial charge in [-0.05, 0) is 43.3 Å². The Labute approximate surface area is 187 Å². The van der Waals surface area contributed by atoms with Crippen LogP contribution in [-0.4, -0.2) is 24.1 Å². The first kappa shape index (κ1) is 19.6. The first-order valence-electron chi connectivity index (χ1n) is 9.81. The molecule has 5 rings (SSSR count). The van der Waals surface area contributed by atoms with Gasteiger partial charge in [0.25, 0.3) is 0 Å².